The zero-order valence-corrected chi connectivity index (χ0v) is 12.3. The van der Waals surface area contributed by atoms with Gasteiger partial charge in [0, 0.05) is 30.6 Å². The van der Waals surface area contributed by atoms with E-state index in [0.29, 0.717) is 5.69 Å². The predicted octanol–water partition coefficient (Wildman–Crippen LogP) is 3.36. The topological polar surface area (TPSA) is 47.7 Å². The smallest absolute Gasteiger partial charge is 0.142 e. The molecule has 0 aliphatic heterocycles. The Bertz CT molecular complexity index is 611. The Kier molecular flexibility index (Phi) is 4.03. The van der Waals surface area contributed by atoms with Gasteiger partial charge in [-0.05, 0) is 24.6 Å². The van der Waals surface area contributed by atoms with Gasteiger partial charge in [-0.3, -0.25) is 0 Å². The van der Waals surface area contributed by atoms with Crippen molar-refractivity contribution in [2.45, 2.75) is 6.92 Å². The normalized spacial score (nSPS) is 10.2. The maximum atomic E-state index is 6.05. The third kappa shape index (κ3) is 2.50. The molecule has 0 saturated heterocycles. The van der Waals surface area contributed by atoms with Crippen LogP contribution in [-0.2, 0) is 0 Å². The SMILES string of the molecule is COc1cc(N)c(C)c(N(C)c2ccccc2OC)c1. The van der Waals surface area contributed by atoms with Crippen molar-refractivity contribution in [3.05, 3.63) is 42.0 Å². The molecule has 0 bridgehead atoms. The third-order valence-electron chi connectivity index (χ3n) is 3.44. The molecule has 2 aromatic carbocycles. The van der Waals surface area contributed by atoms with Crippen LogP contribution in [0.3, 0.4) is 0 Å². The van der Waals surface area contributed by atoms with Crippen LogP contribution >= 0.6 is 0 Å². The van der Waals surface area contributed by atoms with Crippen molar-refractivity contribution in [3.63, 3.8) is 0 Å². The second-order valence-electron chi connectivity index (χ2n) is 4.59. The number of methoxy groups -OCH3 is 2. The number of para-hydroxylation sites is 2. The summed E-state index contributed by atoms with van der Waals surface area (Å²) in [5, 5.41) is 0. The van der Waals surface area contributed by atoms with Crippen molar-refractivity contribution in [1.29, 1.82) is 0 Å². The molecule has 4 nitrogen and oxygen atoms in total. The summed E-state index contributed by atoms with van der Waals surface area (Å²) >= 11 is 0. The van der Waals surface area contributed by atoms with Crippen molar-refractivity contribution >= 4 is 17.1 Å². The molecule has 2 aromatic rings. The van der Waals surface area contributed by atoms with E-state index in [4.69, 9.17) is 15.2 Å². The highest BCUT2D eigenvalue weighted by Crippen LogP contribution is 2.37. The molecule has 0 aliphatic carbocycles. The molecule has 2 N–H and O–H groups in total. The van der Waals surface area contributed by atoms with Gasteiger partial charge in [0.05, 0.1) is 19.9 Å². The van der Waals surface area contributed by atoms with Crippen LogP contribution in [0.5, 0.6) is 11.5 Å². The summed E-state index contributed by atoms with van der Waals surface area (Å²) in [6.07, 6.45) is 0. The Morgan fingerprint density at radius 2 is 1.70 bits per heavy atom. The van der Waals surface area contributed by atoms with Crippen LogP contribution in [0.15, 0.2) is 36.4 Å². The van der Waals surface area contributed by atoms with Crippen molar-refractivity contribution in [2.24, 2.45) is 0 Å². The number of anilines is 3. The maximum Gasteiger partial charge on any atom is 0.142 e. The van der Waals surface area contributed by atoms with Gasteiger partial charge in [0.15, 0.2) is 0 Å². The van der Waals surface area contributed by atoms with Gasteiger partial charge < -0.3 is 20.1 Å². The van der Waals surface area contributed by atoms with Crippen LogP contribution in [0.25, 0.3) is 0 Å². The number of ether oxygens (including phenoxy) is 2. The van der Waals surface area contributed by atoms with Crippen LogP contribution < -0.4 is 20.1 Å². The van der Waals surface area contributed by atoms with E-state index in [0.717, 1.165) is 28.4 Å². The minimum Gasteiger partial charge on any atom is -0.497 e. The van der Waals surface area contributed by atoms with Gasteiger partial charge in [-0.1, -0.05) is 12.1 Å². The van der Waals surface area contributed by atoms with Crippen LogP contribution in [0.1, 0.15) is 5.56 Å². The molecule has 0 unspecified atom stereocenters. The molecular formula is C16H20N2O2. The van der Waals surface area contributed by atoms with Gasteiger partial charge in [-0.25, -0.2) is 0 Å². The number of benzene rings is 2. The minimum absolute atomic E-state index is 0.709. The zero-order valence-electron chi connectivity index (χ0n) is 12.3. The molecule has 2 rings (SSSR count). The first-order valence-electron chi connectivity index (χ1n) is 6.39. The lowest BCUT2D eigenvalue weighted by Gasteiger charge is -2.24. The fourth-order valence-electron chi connectivity index (χ4n) is 2.20. The lowest BCUT2D eigenvalue weighted by molar-refractivity contribution is 0.414. The highest BCUT2D eigenvalue weighted by molar-refractivity contribution is 5.76. The summed E-state index contributed by atoms with van der Waals surface area (Å²) in [6, 6.07) is 11.7. The zero-order chi connectivity index (χ0) is 14.7. The van der Waals surface area contributed by atoms with Crippen LogP contribution in [0.4, 0.5) is 17.1 Å². The molecule has 0 aromatic heterocycles. The van der Waals surface area contributed by atoms with E-state index in [9.17, 15) is 0 Å². The second-order valence-corrected chi connectivity index (χ2v) is 4.59. The lowest BCUT2D eigenvalue weighted by atomic mass is 10.1. The first-order chi connectivity index (χ1) is 9.58. The number of nitrogen functional groups attached to an aromatic ring is 1. The van der Waals surface area contributed by atoms with E-state index in [2.05, 4.69) is 0 Å². The van der Waals surface area contributed by atoms with E-state index >= 15 is 0 Å². The number of hydrogen-bond acceptors (Lipinski definition) is 4. The molecule has 20 heavy (non-hydrogen) atoms. The van der Waals surface area contributed by atoms with Gasteiger partial charge in [0.2, 0.25) is 0 Å². The average molecular weight is 272 g/mol. The molecule has 0 heterocycles. The molecule has 4 heteroatoms. The van der Waals surface area contributed by atoms with Crippen molar-refractivity contribution in [3.8, 4) is 11.5 Å². The van der Waals surface area contributed by atoms with E-state index < -0.39 is 0 Å². The monoisotopic (exact) mass is 272 g/mol. The fourth-order valence-corrected chi connectivity index (χ4v) is 2.20. The summed E-state index contributed by atoms with van der Waals surface area (Å²) < 4.78 is 10.7. The summed E-state index contributed by atoms with van der Waals surface area (Å²) in [5.41, 5.74) is 9.74. The molecule has 0 fully saturated rings. The standard InChI is InChI=1S/C16H20N2O2/c1-11-13(17)9-12(19-3)10-15(11)18(2)14-7-5-6-8-16(14)20-4/h5-10H,17H2,1-4H3. The highest BCUT2D eigenvalue weighted by Gasteiger charge is 2.14. The minimum atomic E-state index is 0.709. The van der Waals surface area contributed by atoms with E-state index in [1.165, 1.54) is 0 Å². The van der Waals surface area contributed by atoms with Crippen molar-refractivity contribution in [2.75, 3.05) is 31.9 Å². The molecule has 0 aliphatic rings. The summed E-state index contributed by atoms with van der Waals surface area (Å²) in [4.78, 5) is 2.05. The molecule has 0 saturated carbocycles. The summed E-state index contributed by atoms with van der Waals surface area (Å²) in [6.45, 7) is 2.00. The van der Waals surface area contributed by atoms with Gasteiger partial charge in [0.25, 0.3) is 0 Å². The van der Waals surface area contributed by atoms with Crippen molar-refractivity contribution in [1.82, 2.24) is 0 Å². The van der Waals surface area contributed by atoms with Crippen LogP contribution in [-0.4, -0.2) is 21.3 Å². The lowest BCUT2D eigenvalue weighted by Crippen LogP contribution is -2.13. The number of rotatable bonds is 4. The first-order valence-corrected chi connectivity index (χ1v) is 6.39. The summed E-state index contributed by atoms with van der Waals surface area (Å²) in [5.74, 6) is 1.56. The number of hydrogen-bond donors (Lipinski definition) is 1. The fraction of sp³-hybridized carbons (Fsp3) is 0.250. The van der Waals surface area contributed by atoms with E-state index in [-0.39, 0.29) is 0 Å². The maximum absolute atomic E-state index is 6.05. The Hall–Kier alpha value is -2.36. The molecule has 106 valence electrons. The third-order valence-corrected chi connectivity index (χ3v) is 3.44. The molecule has 0 spiro atoms. The Labute approximate surface area is 119 Å². The Morgan fingerprint density at radius 1 is 1.00 bits per heavy atom. The predicted molar refractivity (Wildman–Crippen MR) is 83.2 cm³/mol. The molecule has 0 atom stereocenters. The molecule has 0 radical (unpaired) electrons. The van der Waals surface area contributed by atoms with Crippen LogP contribution in [0.2, 0.25) is 0 Å². The average Bonchev–Trinajstić information content (AvgIpc) is 2.49. The van der Waals surface area contributed by atoms with Gasteiger partial charge in [0.1, 0.15) is 11.5 Å². The van der Waals surface area contributed by atoms with Gasteiger partial charge in [-0.2, -0.15) is 0 Å². The number of nitrogens with zero attached hydrogens (tertiary/aromatic N) is 1. The van der Waals surface area contributed by atoms with Gasteiger partial charge >= 0.3 is 0 Å². The first kappa shape index (κ1) is 14.1. The second kappa shape index (κ2) is 5.74. The quantitative estimate of drug-likeness (QED) is 0.867. The molecule has 0 amide bonds. The Balaban J connectivity index is 2.53. The highest BCUT2D eigenvalue weighted by atomic mass is 16.5. The van der Waals surface area contributed by atoms with Crippen LogP contribution in [0, 0.1) is 6.92 Å². The largest absolute Gasteiger partial charge is 0.497 e. The van der Waals surface area contributed by atoms with E-state index in [1.54, 1.807) is 14.2 Å². The van der Waals surface area contributed by atoms with Gasteiger partial charge in [-0.15, -0.1) is 0 Å². The Morgan fingerprint density at radius 3 is 2.35 bits per heavy atom. The molecular weight excluding hydrogens is 252 g/mol. The summed E-state index contributed by atoms with van der Waals surface area (Å²) in [7, 11) is 5.29. The van der Waals surface area contributed by atoms with Crippen molar-refractivity contribution < 1.29 is 9.47 Å². The van der Waals surface area contributed by atoms with E-state index in [1.807, 2.05) is 55.3 Å². The number of nitrogens with two attached hydrogens (primary N) is 1.